The summed E-state index contributed by atoms with van der Waals surface area (Å²) < 4.78 is 140. The SMILES string of the molecule is CCCOCCCNS(=O)(=O)c1ccc(-c2ccc(S(=O)(=O)NC(CNC(=O)c3cn(C)c4cc(CNc5ncc[nH]5)ccc4c3=O)C(=O)O)cc2)cc1.COCCOCCCNC(=O)CN1CCN(CC(=O)O)CCN(CC(=O)O)CCN(CC(=O)O)CC1.O=C(C(=O)C(F)(F)F)C(F)(F)F. The van der Waals surface area contributed by atoms with Gasteiger partial charge in [-0.15, -0.1) is 0 Å². The Hall–Kier alpha value is -8.84. The highest BCUT2D eigenvalue weighted by Crippen LogP contribution is 2.26. The van der Waals surface area contributed by atoms with E-state index in [1.807, 2.05) is 11.8 Å². The molecule has 0 spiro atoms. The maximum Gasteiger partial charge on any atom is 0.458 e. The van der Waals surface area contributed by atoms with E-state index in [1.54, 1.807) is 76.1 Å². The molecule has 6 rings (SSSR count). The van der Waals surface area contributed by atoms with E-state index in [0.717, 1.165) is 12.0 Å². The summed E-state index contributed by atoms with van der Waals surface area (Å²) in [4.78, 5) is 118. The summed E-state index contributed by atoms with van der Waals surface area (Å²) in [6, 6.07) is 15.0. The fourth-order valence-electron chi connectivity index (χ4n) is 9.38. The number of carbonyl (C=O) groups is 8. The average molecular weight is 1490 g/mol. The van der Waals surface area contributed by atoms with Crippen molar-refractivity contribution in [3.05, 3.63) is 107 Å². The van der Waals surface area contributed by atoms with Crippen molar-refractivity contribution in [1.29, 1.82) is 0 Å². The Morgan fingerprint density at radius 2 is 1.11 bits per heavy atom. The summed E-state index contributed by atoms with van der Waals surface area (Å²) in [5.41, 5.74) is 1.80. The van der Waals surface area contributed by atoms with Crippen LogP contribution in [0.25, 0.3) is 22.0 Å². The Kier molecular flexibility index (Phi) is 35.2. The molecule has 1 aliphatic rings. The predicted octanol–water partition coefficient (Wildman–Crippen LogP) is 1.68. The highest BCUT2D eigenvalue weighted by Gasteiger charge is 2.54. The largest absolute Gasteiger partial charge is 0.480 e. The van der Waals surface area contributed by atoms with Crippen LogP contribution in [0.1, 0.15) is 42.1 Å². The van der Waals surface area contributed by atoms with Crippen LogP contribution in [0.4, 0.5) is 32.3 Å². The van der Waals surface area contributed by atoms with E-state index < -0.39 is 91.8 Å². The number of ether oxygens (including phenoxy) is 3. The zero-order chi connectivity index (χ0) is 75.8. The molecule has 0 saturated carbocycles. The fraction of sp³-hybridized carbons (Fsp3) is 0.484. The number of hydrogen-bond donors (Lipinski definition) is 10. The molecular weight excluding hydrogens is 1410 g/mol. The number of carboxylic acids is 4. The number of ketones is 2. The monoisotopic (exact) mass is 1490 g/mol. The van der Waals surface area contributed by atoms with Crippen LogP contribution < -0.4 is 30.8 Å². The van der Waals surface area contributed by atoms with Gasteiger partial charge in [0.05, 0.1) is 54.7 Å². The van der Waals surface area contributed by atoms with Crippen molar-refractivity contribution in [1.82, 2.24) is 54.2 Å². The summed E-state index contributed by atoms with van der Waals surface area (Å²) in [5.74, 6) is -11.8. The third-order valence-corrected chi connectivity index (χ3v) is 17.6. The number of Topliss-reactive ketones (excluding diaryl/α,β-unsaturated/α-hetero) is 2. The molecule has 0 bridgehead atoms. The van der Waals surface area contributed by atoms with Crippen LogP contribution in [0.3, 0.4) is 0 Å². The molecule has 40 heteroatoms. The lowest BCUT2D eigenvalue weighted by atomic mass is 10.1. The molecule has 1 saturated heterocycles. The second-order valence-corrected chi connectivity index (χ2v) is 26.0. The van der Waals surface area contributed by atoms with E-state index in [2.05, 4.69) is 35.4 Å². The minimum Gasteiger partial charge on any atom is -0.480 e. The maximum atomic E-state index is 13.3. The minimum atomic E-state index is -5.77. The number of methoxy groups -OCH3 is 1. The van der Waals surface area contributed by atoms with Gasteiger partial charge in [-0.2, -0.15) is 31.1 Å². The van der Waals surface area contributed by atoms with Crippen molar-refractivity contribution in [3.63, 3.8) is 0 Å². The number of pyridine rings is 1. The van der Waals surface area contributed by atoms with Gasteiger partial charge in [-0.05, 0) is 72.4 Å². The van der Waals surface area contributed by atoms with Crippen molar-refractivity contribution in [2.45, 2.75) is 60.9 Å². The van der Waals surface area contributed by atoms with Crippen LogP contribution in [0.2, 0.25) is 0 Å². The summed E-state index contributed by atoms with van der Waals surface area (Å²) in [6.45, 7) is 7.36. The number of nitrogens with zero attached hydrogens (tertiary/aromatic N) is 6. The van der Waals surface area contributed by atoms with E-state index in [9.17, 15) is 107 Å². The van der Waals surface area contributed by atoms with Gasteiger partial charge >= 0.3 is 47.8 Å². The molecule has 10 N–H and O–H groups in total. The molecule has 5 aromatic rings. The second kappa shape index (κ2) is 41.9. The number of hydrogen-bond acceptors (Lipinski definition) is 22. The lowest BCUT2D eigenvalue weighted by molar-refractivity contribution is -0.193. The standard InChI is InChI=1S/C36H41N7O9S2.C22H41N5O9.C4F6O2/c1-3-18-52-19-4-15-41-53(48,49)27-10-6-25(7-11-27)26-8-12-28(13-9-26)54(50,51)42-31(35(46)47)22-39-34(45)30-23-43(2)32-20-24(5-14-29(32)33(30)44)21-40-36-37-16-17-38-36;1-35-13-14-36-12-2-3-23-19(28)15-24-4-6-25(16-20(29)30)8-10-27(18-22(33)34)11-9-26(7-5-24)17-21(31)32;5-3(6,7)1(11)2(12)4(8,9)10/h5-14,16-17,20,23,31,41-42H,3-4,15,18-19,21-22H2,1-2H3,(H,39,45)(H,46,47)(H2,37,38,40);2-18H2,1H3,(H,23,28)(H,29,30)(H,31,32)(H,33,34);. The third kappa shape index (κ3) is 30.4. The van der Waals surface area contributed by atoms with Gasteiger partial charge in [0.25, 0.3) is 5.91 Å². The molecule has 3 heterocycles. The molecule has 2 amide bonds. The van der Waals surface area contributed by atoms with Crippen molar-refractivity contribution >= 4 is 84.2 Å². The number of carboxylic acid groups (broad SMARTS) is 4. The molecule has 564 valence electrons. The molecular formula is C62H82F6N12O20S2. The van der Waals surface area contributed by atoms with E-state index in [0.29, 0.717) is 134 Å². The molecule has 1 atom stereocenters. The Balaban J connectivity index is 0.000000394. The second-order valence-electron chi connectivity index (χ2n) is 22.5. The van der Waals surface area contributed by atoms with Gasteiger partial charge in [0.1, 0.15) is 11.6 Å². The number of carbonyl (C=O) groups excluding carboxylic acids is 4. The topological polar surface area (TPSA) is 437 Å². The lowest BCUT2D eigenvalue weighted by Crippen LogP contribution is -2.49. The summed E-state index contributed by atoms with van der Waals surface area (Å²) >= 11 is 0. The zero-order valence-corrected chi connectivity index (χ0v) is 57.4. The number of alkyl halides is 6. The number of aromatic nitrogens is 3. The molecule has 3 aromatic carbocycles. The maximum absolute atomic E-state index is 13.3. The number of H-pyrrole nitrogens is 1. The zero-order valence-electron chi connectivity index (χ0n) is 55.7. The smallest absolute Gasteiger partial charge is 0.458 e. The van der Waals surface area contributed by atoms with Gasteiger partial charge in [0.2, 0.25) is 31.4 Å². The molecule has 1 unspecified atom stereocenters. The number of aromatic amines is 1. The first-order chi connectivity index (χ1) is 48.0. The Labute approximate surface area is 581 Å². The van der Waals surface area contributed by atoms with Crippen LogP contribution in [-0.4, -0.2) is 275 Å². The van der Waals surface area contributed by atoms with E-state index >= 15 is 0 Å². The van der Waals surface area contributed by atoms with Gasteiger partial charge in [-0.1, -0.05) is 37.3 Å². The van der Waals surface area contributed by atoms with Gasteiger partial charge < -0.3 is 60.1 Å². The average Bonchev–Trinajstić information content (AvgIpc) is 0.817. The molecule has 2 aromatic heterocycles. The summed E-state index contributed by atoms with van der Waals surface area (Å²) in [5, 5.41) is 46.2. The number of nitrogens with one attached hydrogen (secondary N) is 6. The van der Waals surface area contributed by atoms with Crippen LogP contribution in [-0.2, 0) is 81.4 Å². The number of amides is 2. The van der Waals surface area contributed by atoms with Crippen LogP contribution in [0.15, 0.2) is 99.9 Å². The van der Waals surface area contributed by atoms with Gasteiger partial charge in [-0.25, -0.2) is 26.5 Å². The molecule has 0 aliphatic carbocycles. The normalized spacial score (nSPS) is 14.3. The molecule has 1 fully saturated rings. The Morgan fingerprint density at radius 1 is 0.627 bits per heavy atom. The van der Waals surface area contributed by atoms with Gasteiger partial charge in [0.15, 0.2) is 5.95 Å². The van der Waals surface area contributed by atoms with E-state index in [1.165, 1.54) is 42.6 Å². The number of imidazole rings is 1. The third-order valence-electron chi connectivity index (χ3n) is 14.6. The number of fused-ring (bicyclic) bond motifs is 1. The molecule has 1 aliphatic heterocycles. The Bertz CT molecular complexity index is 3820. The van der Waals surface area contributed by atoms with Gasteiger partial charge in [0, 0.05) is 136 Å². The highest BCUT2D eigenvalue weighted by molar-refractivity contribution is 7.89. The number of anilines is 1. The molecule has 32 nitrogen and oxygen atoms in total. The van der Waals surface area contributed by atoms with E-state index in [4.69, 9.17) is 14.2 Å². The van der Waals surface area contributed by atoms with Crippen LogP contribution in [0, 0.1) is 0 Å². The van der Waals surface area contributed by atoms with Crippen molar-refractivity contribution in [3.8, 4) is 11.1 Å². The number of benzene rings is 3. The Morgan fingerprint density at radius 3 is 1.56 bits per heavy atom. The molecule has 102 heavy (non-hydrogen) atoms. The first-order valence-electron chi connectivity index (χ1n) is 31.3. The number of aryl methyl sites for hydroxylation is 1. The number of halogens is 6. The first kappa shape index (κ1) is 85.6. The first-order valence-corrected chi connectivity index (χ1v) is 34.3. The number of aliphatic carboxylic acids is 4. The van der Waals surface area contributed by atoms with Crippen molar-refractivity contribution < 1.29 is 116 Å². The number of sulfonamides is 2. The quantitative estimate of drug-likeness (QED) is 0.0157. The predicted molar refractivity (Wildman–Crippen MR) is 353 cm³/mol. The van der Waals surface area contributed by atoms with E-state index in [-0.39, 0.29) is 59.4 Å². The summed E-state index contributed by atoms with van der Waals surface area (Å²) in [7, 11) is -4.86. The van der Waals surface area contributed by atoms with Crippen LogP contribution in [0.5, 0.6) is 0 Å². The van der Waals surface area contributed by atoms with Crippen LogP contribution >= 0.6 is 0 Å². The number of rotatable bonds is 35. The highest BCUT2D eigenvalue weighted by atomic mass is 32.2. The fourth-order valence-corrected chi connectivity index (χ4v) is 11.6. The lowest BCUT2D eigenvalue weighted by Gasteiger charge is -2.32. The molecule has 0 radical (unpaired) electrons. The van der Waals surface area contributed by atoms with Gasteiger partial charge in [-0.3, -0.25) is 62.8 Å². The van der Waals surface area contributed by atoms with Crippen molar-refractivity contribution in [2.75, 3.05) is 144 Å². The summed E-state index contributed by atoms with van der Waals surface area (Å²) in [6.07, 6.45) is -4.85. The van der Waals surface area contributed by atoms with Crippen molar-refractivity contribution in [2.24, 2.45) is 7.05 Å². The minimum absolute atomic E-state index is 0.0705.